The van der Waals surface area contributed by atoms with E-state index in [1.54, 1.807) is 13.3 Å². The van der Waals surface area contributed by atoms with Crippen molar-refractivity contribution in [3.63, 3.8) is 0 Å². The van der Waals surface area contributed by atoms with E-state index in [-0.39, 0.29) is 30.5 Å². The van der Waals surface area contributed by atoms with Crippen LogP contribution in [0.1, 0.15) is 75.7 Å². The van der Waals surface area contributed by atoms with Crippen molar-refractivity contribution in [2.75, 3.05) is 74.6 Å². The van der Waals surface area contributed by atoms with Gasteiger partial charge in [0.25, 0.3) is 0 Å². The van der Waals surface area contributed by atoms with Gasteiger partial charge in [-0.15, -0.1) is 0 Å². The SMILES string of the molecule is COC1CCN(c2nccc(Nc3cc4c(cn3)c(N3CCC(N5CCN(Cc6cc(F)c(C7CCC(=O)NC7=O)nn6)CC5)CC3)nn4C(C)C)n2)CC1. The maximum atomic E-state index is 15.0. The topological polar surface area (TPSA) is 163 Å². The third-order valence-electron chi connectivity index (χ3n) is 11.5. The molecule has 1 atom stereocenters. The zero-order chi connectivity index (χ0) is 38.1. The first-order chi connectivity index (χ1) is 26.7. The third kappa shape index (κ3) is 8.09. The zero-order valence-corrected chi connectivity index (χ0v) is 31.8. The summed E-state index contributed by atoms with van der Waals surface area (Å²) in [4.78, 5) is 47.3. The van der Waals surface area contributed by atoms with E-state index in [1.165, 1.54) is 6.07 Å². The summed E-state index contributed by atoms with van der Waals surface area (Å²) < 4.78 is 22.6. The normalized spacial score (nSPS) is 21.1. The Balaban J connectivity index is 0.856. The van der Waals surface area contributed by atoms with Gasteiger partial charge >= 0.3 is 0 Å². The number of rotatable bonds is 10. The number of pyridine rings is 1. The maximum Gasteiger partial charge on any atom is 0.235 e. The number of hydrogen-bond donors (Lipinski definition) is 2. The van der Waals surface area contributed by atoms with Gasteiger partial charge in [-0.2, -0.15) is 20.3 Å². The average Bonchev–Trinajstić information content (AvgIpc) is 3.58. The molecule has 2 amide bonds. The molecule has 4 aromatic rings. The van der Waals surface area contributed by atoms with Crippen molar-refractivity contribution in [2.45, 2.75) is 83.0 Å². The van der Waals surface area contributed by atoms with Crippen LogP contribution in [0.15, 0.2) is 30.6 Å². The second-order valence-electron chi connectivity index (χ2n) is 15.3. The Labute approximate surface area is 319 Å². The molecular weight excluding hydrogens is 706 g/mol. The zero-order valence-electron chi connectivity index (χ0n) is 31.8. The minimum atomic E-state index is -0.786. The van der Waals surface area contributed by atoms with E-state index < -0.39 is 17.6 Å². The molecule has 4 aliphatic heterocycles. The molecule has 8 heterocycles. The predicted octanol–water partition coefficient (Wildman–Crippen LogP) is 3.40. The number of aromatic nitrogens is 7. The molecule has 292 valence electrons. The number of ether oxygens (including phenoxy) is 1. The minimum Gasteiger partial charge on any atom is -0.381 e. The van der Waals surface area contributed by atoms with Crippen LogP contribution in [-0.4, -0.2) is 128 Å². The van der Waals surface area contributed by atoms with E-state index in [1.807, 2.05) is 12.3 Å². The number of anilines is 4. The predicted molar refractivity (Wildman–Crippen MR) is 205 cm³/mol. The lowest BCUT2D eigenvalue weighted by Crippen LogP contribution is -2.53. The standard InChI is InChI=1S/C38H50FN13O3/c1-24(2)52-31-21-33(42-32-6-11-40-38(43-32)51-14-9-27(55-3)10-15-51)41-22-29(31)36(47-52)50-12-7-26(8-13-50)49-18-16-48(17-19-49)23-25-20-30(39)35(46-45-25)28-4-5-34(53)44-37(28)54/h6,11,20-22,24,26-28H,4-5,7-10,12-19,23H2,1-3H3,(H,44,53,54)(H,40,41,42,43). The van der Waals surface area contributed by atoms with Crippen molar-refractivity contribution < 1.29 is 18.7 Å². The number of hydrogen-bond acceptors (Lipinski definition) is 14. The number of amides is 2. The molecule has 2 N–H and O–H groups in total. The van der Waals surface area contributed by atoms with Crippen LogP contribution in [0.2, 0.25) is 0 Å². The highest BCUT2D eigenvalue weighted by Gasteiger charge is 2.33. The highest BCUT2D eigenvalue weighted by atomic mass is 19.1. The number of carbonyl (C=O) groups is 2. The maximum absolute atomic E-state index is 15.0. The van der Waals surface area contributed by atoms with Crippen molar-refractivity contribution in [3.05, 3.63) is 47.8 Å². The van der Waals surface area contributed by atoms with Gasteiger partial charge in [0, 0.05) is 109 Å². The van der Waals surface area contributed by atoms with Gasteiger partial charge in [-0.25, -0.2) is 14.4 Å². The number of piperazine rings is 1. The molecule has 4 aromatic heterocycles. The molecule has 0 aliphatic carbocycles. The van der Waals surface area contributed by atoms with E-state index >= 15 is 4.39 Å². The monoisotopic (exact) mass is 755 g/mol. The molecule has 0 radical (unpaired) electrons. The van der Waals surface area contributed by atoms with Crippen LogP contribution in [-0.2, 0) is 20.9 Å². The summed E-state index contributed by atoms with van der Waals surface area (Å²) in [6.45, 7) is 11.9. The summed E-state index contributed by atoms with van der Waals surface area (Å²) >= 11 is 0. The van der Waals surface area contributed by atoms with Gasteiger partial charge < -0.3 is 19.9 Å². The highest BCUT2D eigenvalue weighted by molar-refractivity contribution is 6.00. The summed E-state index contributed by atoms with van der Waals surface area (Å²) in [5.74, 6) is 0.915. The van der Waals surface area contributed by atoms with Gasteiger partial charge in [-0.05, 0) is 52.0 Å². The lowest BCUT2D eigenvalue weighted by Gasteiger charge is -2.42. The van der Waals surface area contributed by atoms with E-state index in [9.17, 15) is 9.59 Å². The number of halogens is 1. The molecule has 4 saturated heterocycles. The van der Waals surface area contributed by atoms with Crippen LogP contribution >= 0.6 is 0 Å². The van der Waals surface area contributed by atoms with Crippen LogP contribution in [0.3, 0.4) is 0 Å². The van der Waals surface area contributed by atoms with Crippen LogP contribution < -0.4 is 20.4 Å². The average molecular weight is 756 g/mol. The van der Waals surface area contributed by atoms with Gasteiger partial charge in [0.2, 0.25) is 17.8 Å². The lowest BCUT2D eigenvalue weighted by atomic mass is 9.94. The van der Waals surface area contributed by atoms with Crippen molar-refractivity contribution in [1.82, 2.24) is 50.0 Å². The molecule has 16 nitrogen and oxygen atoms in total. The van der Waals surface area contributed by atoms with E-state index in [2.05, 4.69) is 70.0 Å². The Morgan fingerprint density at radius 2 is 1.69 bits per heavy atom. The molecule has 8 rings (SSSR count). The number of piperidine rings is 3. The summed E-state index contributed by atoms with van der Waals surface area (Å²) in [5.41, 5.74) is 1.58. The Hall–Kier alpha value is -4.87. The second kappa shape index (κ2) is 16.1. The van der Waals surface area contributed by atoms with Gasteiger partial charge in [-0.1, -0.05) is 0 Å². The number of imide groups is 1. The van der Waals surface area contributed by atoms with Crippen molar-refractivity contribution in [1.29, 1.82) is 0 Å². The molecule has 4 aliphatic rings. The first kappa shape index (κ1) is 37.1. The fourth-order valence-corrected chi connectivity index (χ4v) is 8.35. The Bertz CT molecular complexity index is 2000. The lowest BCUT2D eigenvalue weighted by molar-refractivity contribution is -0.134. The minimum absolute atomic E-state index is 0.00842. The summed E-state index contributed by atoms with van der Waals surface area (Å²) in [6, 6.07) is 5.98. The Kier molecular flexibility index (Phi) is 10.8. The molecule has 0 aromatic carbocycles. The number of nitrogens with zero attached hydrogens (tertiary/aromatic N) is 11. The first-order valence-electron chi connectivity index (χ1n) is 19.6. The van der Waals surface area contributed by atoms with Crippen molar-refractivity contribution in [3.8, 4) is 0 Å². The molecule has 4 fully saturated rings. The van der Waals surface area contributed by atoms with Crippen LogP contribution in [0.25, 0.3) is 10.9 Å². The summed E-state index contributed by atoms with van der Waals surface area (Å²) in [7, 11) is 1.77. The first-order valence-corrected chi connectivity index (χ1v) is 19.6. The van der Waals surface area contributed by atoms with E-state index in [0.717, 1.165) is 94.8 Å². The van der Waals surface area contributed by atoms with Crippen LogP contribution in [0, 0.1) is 5.82 Å². The largest absolute Gasteiger partial charge is 0.381 e. The van der Waals surface area contributed by atoms with Gasteiger partial charge in [0.15, 0.2) is 5.82 Å². The number of carbonyl (C=O) groups excluding carboxylic acids is 2. The van der Waals surface area contributed by atoms with Gasteiger partial charge in [0.1, 0.15) is 23.1 Å². The van der Waals surface area contributed by atoms with Crippen LogP contribution in [0.5, 0.6) is 0 Å². The van der Waals surface area contributed by atoms with E-state index in [4.69, 9.17) is 19.8 Å². The van der Waals surface area contributed by atoms with Crippen molar-refractivity contribution >= 4 is 46.1 Å². The summed E-state index contributed by atoms with van der Waals surface area (Å²) in [5, 5.41) is 20.2. The third-order valence-corrected chi connectivity index (χ3v) is 11.5. The number of fused-ring (bicyclic) bond motifs is 1. The summed E-state index contributed by atoms with van der Waals surface area (Å²) in [6.07, 6.45) is 8.43. The molecule has 0 saturated carbocycles. The Morgan fingerprint density at radius 1 is 0.927 bits per heavy atom. The van der Waals surface area contributed by atoms with Gasteiger partial charge in [0.05, 0.1) is 28.6 Å². The molecule has 17 heteroatoms. The quantitative estimate of drug-likeness (QED) is 0.227. The number of nitrogens with one attached hydrogen (secondary N) is 2. The molecule has 1 unspecified atom stereocenters. The highest BCUT2D eigenvalue weighted by Crippen LogP contribution is 2.33. The van der Waals surface area contributed by atoms with Gasteiger partial charge in [-0.3, -0.25) is 29.4 Å². The second-order valence-corrected chi connectivity index (χ2v) is 15.3. The molecule has 0 spiro atoms. The molecular formula is C38H50FN13O3. The molecule has 55 heavy (non-hydrogen) atoms. The van der Waals surface area contributed by atoms with Crippen molar-refractivity contribution in [2.24, 2.45) is 0 Å². The smallest absolute Gasteiger partial charge is 0.235 e. The molecule has 0 bridgehead atoms. The fourth-order valence-electron chi connectivity index (χ4n) is 8.35. The van der Waals surface area contributed by atoms with Crippen LogP contribution in [0.4, 0.5) is 27.8 Å². The van der Waals surface area contributed by atoms with E-state index in [0.29, 0.717) is 42.0 Å². The Morgan fingerprint density at radius 3 is 2.40 bits per heavy atom. The number of methoxy groups -OCH3 is 1. The fraction of sp³-hybridized carbons (Fsp3) is 0.579.